The highest BCUT2D eigenvalue weighted by molar-refractivity contribution is 5.81. The highest BCUT2D eigenvalue weighted by Gasteiger charge is 2.22. The van der Waals surface area contributed by atoms with E-state index in [9.17, 15) is 9.59 Å². The molecule has 5 heteroatoms. The number of unbranched alkanes of at least 4 members (excludes halogenated alkanes) is 2. The van der Waals surface area contributed by atoms with Crippen LogP contribution in [0.2, 0.25) is 0 Å². The molecule has 0 saturated heterocycles. The number of esters is 1. The average molecular weight is 298 g/mol. The van der Waals surface area contributed by atoms with Gasteiger partial charge in [-0.25, -0.2) is 0 Å². The molecular formula is C16H30N2O3. The van der Waals surface area contributed by atoms with Gasteiger partial charge in [0, 0.05) is 0 Å². The van der Waals surface area contributed by atoms with Crippen LogP contribution in [0.1, 0.15) is 53.4 Å². The van der Waals surface area contributed by atoms with Gasteiger partial charge in [0.15, 0.2) is 0 Å². The van der Waals surface area contributed by atoms with E-state index in [1.54, 1.807) is 6.08 Å². The summed E-state index contributed by atoms with van der Waals surface area (Å²) in [5.41, 5.74) is 4.85. The molecule has 0 rings (SSSR count). The standard InChI is InChI=1S/C16H30N2O3/c1-5-6-8-11-18-13(14(17)19)10-7-9-12-21-15(20)16(2,3)4/h7,10,13,18H,5-6,8-9,11-12H2,1-4H3,(H2,17,19)/b10-7+. The molecule has 0 bridgehead atoms. The van der Waals surface area contributed by atoms with Gasteiger partial charge in [-0.2, -0.15) is 0 Å². The van der Waals surface area contributed by atoms with Crippen molar-refractivity contribution in [3.8, 4) is 0 Å². The van der Waals surface area contributed by atoms with Gasteiger partial charge in [0.25, 0.3) is 0 Å². The fraction of sp³-hybridized carbons (Fsp3) is 0.750. The van der Waals surface area contributed by atoms with Crippen molar-refractivity contribution in [2.75, 3.05) is 13.2 Å². The summed E-state index contributed by atoms with van der Waals surface area (Å²) in [5.74, 6) is -0.616. The molecule has 0 heterocycles. The summed E-state index contributed by atoms with van der Waals surface area (Å²) < 4.78 is 5.14. The van der Waals surface area contributed by atoms with Crippen LogP contribution in [0.3, 0.4) is 0 Å². The van der Waals surface area contributed by atoms with Crippen LogP contribution in [0.25, 0.3) is 0 Å². The number of hydrogen-bond donors (Lipinski definition) is 2. The minimum atomic E-state index is -0.486. The van der Waals surface area contributed by atoms with E-state index >= 15 is 0 Å². The van der Waals surface area contributed by atoms with Crippen LogP contribution in [0.15, 0.2) is 12.2 Å². The highest BCUT2D eigenvalue weighted by atomic mass is 16.5. The molecule has 0 aliphatic rings. The van der Waals surface area contributed by atoms with Crippen molar-refractivity contribution in [3.63, 3.8) is 0 Å². The van der Waals surface area contributed by atoms with E-state index in [1.165, 1.54) is 0 Å². The molecule has 0 aliphatic carbocycles. The Morgan fingerprint density at radius 1 is 1.29 bits per heavy atom. The van der Waals surface area contributed by atoms with Crippen molar-refractivity contribution in [2.24, 2.45) is 11.1 Å². The maximum absolute atomic E-state index is 11.5. The molecule has 5 nitrogen and oxygen atoms in total. The zero-order valence-corrected chi connectivity index (χ0v) is 13.8. The minimum absolute atomic E-state index is 0.222. The predicted molar refractivity (Wildman–Crippen MR) is 84.7 cm³/mol. The van der Waals surface area contributed by atoms with Crippen LogP contribution in [0, 0.1) is 5.41 Å². The van der Waals surface area contributed by atoms with Gasteiger partial charge in [-0.05, 0) is 40.2 Å². The van der Waals surface area contributed by atoms with Crippen LogP contribution >= 0.6 is 0 Å². The second kappa shape index (κ2) is 10.4. The summed E-state index contributed by atoms with van der Waals surface area (Å²) in [7, 11) is 0. The van der Waals surface area contributed by atoms with Gasteiger partial charge in [-0.3, -0.25) is 9.59 Å². The van der Waals surface area contributed by atoms with Crippen LogP contribution < -0.4 is 11.1 Å². The largest absolute Gasteiger partial charge is 0.465 e. The van der Waals surface area contributed by atoms with Crippen LogP contribution in [0.5, 0.6) is 0 Å². The van der Waals surface area contributed by atoms with Crippen LogP contribution in [0.4, 0.5) is 0 Å². The van der Waals surface area contributed by atoms with Crippen molar-refractivity contribution < 1.29 is 14.3 Å². The lowest BCUT2D eigenvalue weighted by molar-refractivity contribution is -0.152. The topological polar surface area (TPSA) is 81.4 Å². The summed E-state index contributed by atoms with van der Waals surface area (Å²) in [5, 5.41) is 3.11. The first-order chi connectivity index (χ1) is 9.79. The van der Waals surface area contributed by atoms with Crippen molar-refractivity contribution in [2.45, 2.75) is 59.4 Å². The molecular weight excluding hydrogens is 268 g/mol. The first kappa shape index (κ1) is 19.6. The molecule has 1 unspecified atom stereocenters. The lowest BCUT2D eigenvalue weighted by Crippen LogP contribution is -2.40. The molecule has 0 spiro atoms. The Kier molecular flexibility index (Phi) is 9.71. The van der Waals surface area contributed by atoms with E-state index in [4.69, 9.17) is 10.5 Å². The zero-order valence-electron chi connectivity index (χ0n) is 13.8. The lowest BCUT2D eigenvalue weighted by atomic mass is 9.97. The van der Waals surface area contributed by atoms with E-state index in [2.05, 4.69) is 12.2 Å². The number of rotatable bonds is 10. The Morgan fingerprint density at radius 3 is 2.48 bits per heavy atom. The fourth-order valence-corrected chi connectivity index (χ4v) is 1.56. The van der Waals surface area contributed by atoms with Crippen LogP contribution in [-0.4, -0.2) is 31.1 Å². The second-order valence-electron chi connectivity index (χ2n) is 6.14. The quantitative estimate of drug-likeness (QED) is 0.368. The number of hydrogen-bond acceptors (Lipinski definition) is 4. The number of primary amides is 1. The summed E-state index contributed by atoms with van der Waals surface area (Å²) in [4.78, 5) is 22.8. The number of carbonyl (C=O) groups is 2. The third-order valence-corrected chi connectivity index (χ3v) is 2.91. The highest BCUT2D eigenvalue weighted by Crippen LogP contribution is 2.15. The third-order valence-electron chi connectivity index (χ3n) is 2.91. The van der Waals surface area contributed by atoms with E-state index in [0.29, 0.717) is 13.0 Å². The lowest BCUT2D eigenvalue weighted by Gasteiger charge is -2.16. The van der Waals surface area contributed by atoms with Gasteiger partial charge in [-0.1, -0.05) is 31.9 Å². The summed E-state index contributed by atoms with van der Waals surface area (Å²) in [6.45, 7) is 8.65. The molecule has 1 atom stereocenters. The van der Waals surface area contributed by atoms with Gasteiger partial charge in [-0.15, -0.1) is 0 Å². The molecule has 0 fully saturated rings. The van der Waals surface area contributed by atoms with Gasteiger partial charge < -0.3 is 15.8 Å². The summed E-state index contributed by atoms with van der Waals surface area (Å²) >= 11 is 0. The number of ether oxygens (including phenoxy) is 1. The van der Waals surface area contributed by atoms with Crippen molar-refractivity contribution >= 4 is 11.9 Å². The number of nitrogens with one attached hydrogen (secondary N) is 1. The molecule has 122 valence electrons. The number of nitrogens with two attached hydrogens (primary N) is 1. The molecule has 0 aromatic rings. The Bertz CT molecular complexity index is 346. The van der Waals surface area contributed by atoms with Crippen LogP contribution in [-0.2, 0) is 14.3 Å². The smallest absolute Gasteiger partial charge is 0.311 e. The number of amides is 1. The molecule has 1 amide bonds. The molecule has 21 heavy (non-hydrogen) atoms. The Balaban J connectivity index is 4.00. The van der Waals surface area contributed by atoms with Gasteiger partial charge >= 0.3 is 5.97 Å². The maximum Gasteiger partial charge on any atom is 0.311 e. The molecule has 0 saturated carbocycles. The van der Waals surface area contributed by atoms with Crippen molar-refractivity contribution in [1.82, 2.24) is 5.32 Å². The molecule has 0 aromatic carbocycles. The zero-order chi connectivity index (χ0) is 16.3. The normalized spacial score (nSPS) is 13.3. The van der Waals surface area contributed by atoms with Gasteiger partial charge in [0.05, 0.1) is 12.0 Å². The monoisotopic (exact) mass is 298 g/mol. The molecule has 0 aromatic heterocycles. The predicted octanol–water partition coefficient (Wildman–Crippen LogP) is 2.16. The Labute approximate surface area is 128 Å². The van der Waals surface area contributed by atoms with Crippen molar-refractivity contribution in [3.05, 3.63) is 12.2 Å². The van der Waals surface area contributed by atoms with Gasteiger partial charge in [0.2, 0.25) is 5.91 Å². The second-order valence-corrected chi connectivity index (χ2v) is 6.14. The minimum Gasteiger partial charge on any atom is -0.465 e. The molecule has 0 radical (unpaired) electrons. The number of carbonyl (C=O) groups excluding carboxylic acids is 2. The Morgan fingerprint density at radius 2 is 1.95 bits per heavy atom. The Hall–Kier alpha value is -1.36. The van der Waals surface area contributed by atoms with E-state index in [1.807, 2.05) is 26.8 Å². The SMILES string of the molecule is CCCCCNC(/C=C/CCOC(=O)C(C)(C)C)C(N)=O. The van der Waals surface area contributed by atoms with Gasteiger partial charge in [0.1, 0.15) is 6.04 Å². The van der Waals surface area contributed by atoms with Crippen molar-refractivity contribution in [1.29, 1.82) is 0 Å². The van der Waals surface area contributed by atoms with E-state index in [-0.39, 0.29) is 5.97 Å². The first-order valence-corrected chi connectivity index (χ1v) is 7.65. The van der Waals surface area contributed by atoms with E-state index in [0.717, 1.165) is 25.8 Å². The third kappa shape index (κ3) is 10.1. The average Bonchev–Trinajstić information content (AvgIpc) is 2.39. The summed E-state index contributed by atoms with van der Waals surface area (Å²) in [6, 6.07) is -0.458. The summed E-state index contributed by atoms with van der Waals surface area (Å²) in [6.07, 6.45) is 7.42. The van der Waals surface area contributed by atoms with E-state index < -0.39 is 17.4 Å². The first-order valence-electron chi connectivity index (χ1n) is 7.65. The maximum atomic E-state index is 11.5. The molecule has 0 aliphatic heterocycles. The molecule has 3 N–H and O–H groups in total. The fourth-order valence-electron chi connectivity index (χ4n) is 1.56.